The molecule has 1 aromatic heterocycles. The Bertz CT molecular complexity index is 587. The third-order valence-corrected chi connectivity index (χ3v) is 3.26. The summed E-state index contributed by atoms with van der Waals surface area (Å²) in [6.45, 7) is 0. The first kappa shape index (κ1) is 9.30. The van der Waals surface area contributed by atoms with Crippen LogP contribution < -0.4 is 5.32 Å². The van der Waals surface area contributed by atoms with Gasteiger partial charge in [-0.2, -0.15) is 11.3 Å². The molecule has 0 fully saturated rings. The molecule has 0 saturated heterocycles. The number of benzene rings is 1. The van der Waals surface area contributed by atoms with Crippen molar-refractivity contribution in [3.63, 3.8) is 0 Å². The maximum absolute atomic E-state index is 11.5. The molecule has 1 N–H and O–H groups in total. The van der Waals surface area contributed by atoms with Gasteiger partial charge in [-0.15, -0.1) is 0 Å². The Morgan fingerprint density at radius 1 is 1.06 bits per heavy atom. The number of Topliss-reactive ketones (excluding diaryl/α,β-unsaturated/α-hetero) is 1. The number of thiophene rings is 1. The zero-order valence-corrected chi connectivity index (χ0v) is 9.01. The van der Waals surface area contributed by atoms with E-state index < -0.39 is 11.7 Å². The summed E-state index contributed by atoms with van der Waals surface area (Å²) in [6, 6.07) is 7.42. The average molecular weight is 229 g/mol. The highest BCUT2D eigenvalue weighted by Crippen LogP contribution is 2.29. The Kier molecular flexibility index (Phi) is 1.91. The Labute approximate surface area is 95.7 Å². The average Bonchev–Trinajstić information content (AvgIpc) is 2.89. The van der Waals surface area contributed by atoms with Crippen molar-refractivity contribution in [1.82, 2.24) is 0 Å². The van der Waals surface area contributed by atoms with E-state index in [9.17, 15) is 9.59 Å². The Balaban J connectivity index is 2.14. The Morgan fingerprint density at radius 2 is 1.94 bits per heavy atom. The second-order valence-electron chi connectivity index (χ2n) is 3.56. The van der Waals surface area contributed by atoms with Crippen molar-refractivity contribution >= 4 is 28.7 Å². The van der Waals surface area contributed by atoms with E-state index in [0.717, 1.165) is 11.1 Å². The van der Waals surface area contributed by atoms with E-state index in [1.807, 2.05) is 22.9 Å². The summed E-state index contributed by atoms with van der Waals surface area (Å²) < 4.78 is 0. The molecule has 4 heteroatoms. The Morgan fingerprint density at radius 3 is 2.69 bits per heavy atom. The number of hydrogen-bond donors (Lipinski definition) is 1. The third kappa shape index (κ3) is 1.27. The van der Waals surface area contributed by atoms with Crippen molar-refractivity contribution in [2.75, 3.05) is 5.32 Å². The fourth-order valence-corrected chi connectivity index (χ4v) is 2.42. The van der Waals surface area contributed by atoms with Crippen LogP contribution in [0.1, 0.15) is 10.4 Å². The molecule has 0 atom stereocenters. The maximum atomic E-state index is 11.5. The molecular weight excluding hydrogens is 222 g/mol. The number of hydrogen-bond acceptors (Lipinski definition) is 3. The molecule has 1 aromatic carbocycles. The predicted octanol–water partition coefficient (Wildman–Crippen LogP) is 2.55. The molecule has 1 aliphatic rings. The summed E-state index contributed by atoms with van der Waals surface area (Å²) in [4.78, 5) is 22.7. The van der Waals surface area contributed by atoms with Crippen molar-refractivity contribution < 1.29 is 9.59 Å². The van der Waals surface area contributed by atoms with Crippen LogP contribution in [-0.2, 0) is 4.79 Å². The van der Waals surface area contributed by atoms with Gasteiger partial charge in [0.2, 0.25) is 0 Å². The lowest BCUT2D eigenvalue weighted by Gasteiger charge is -2.00. The van der Waals surface area contributed by atoms with Crippen LogP contribution in [0.5, 0.6) is 0 Å². The van der Waals surface area contributed by atoms with Crippen LogP contribution in [0.3, 0.4) is 0 Å². The van der Waals surface area contributed by atoms with E-state index in [2.05, 4.69) is 5.32 Å². The van der Waals surface area contributed by atoms with Crippen LogP contribution in [-0.4, -0.2) is 11.7 Å². The molecule has 0 bridgehead atoms. The number of ketones is 1. The van der Waals surface area contributed by atoms with Gasteiger partial charge in [-0.1, -0.05) is 6.07 Å². The van der Waals surface area contributed by atoms with Crippen LogP contribution in [0.4, 0.5) is 5.69 Å². The molecule has 16 heavy (non-hydrogen) atoms. The summed E-state index contributed by atoms with van der Waals surface area (Å²) in [7, 11) is 0. The molecule has 3 nitrogen and oxygen atoms in total. The molecule has 78 valence electrons. The molecular formula is C12H7NO2S. The van der Waals surface area contributed by atoms with Crippen LogP contribution >= 0.6 is 11.3 Å². The lowest BCUT2D eigenvalue weighted by Crippen LogP contribution is -2.12. The van der Waals surface area contributed by atoms with Gasteiger partial charge < -0.3 is 5.32 Å². The van der Waals surface area contributed by atoms with E-state index in [4.69, 9.17) is 0 Å². The van der Waals surface area contributed by atoms with Gasteiger partial charge >= 0.3 is 0 Å². The smallest absolute Gasteiger partial charge is 0.296 e. The molecule has 0 radical (unpaired) electrons. The number of carbonyl (C=O) groups is 2. The SMILES string of the molecule is O=C1Nc2ccc(-c3ccsc3)cc2C1=O. The van der Waals surface area contributed by atoms with Gasteiger partial charge in [-0.05, 0) is 40.1 Å². The van der Waals surface area contributed by atoms with E-state index in [0.29, 0.717) is 11.3 Å². The maximum Gasteiger partial charge on any atom is 0.296 e. The Hall–Kier alpha value is -1.94. The zero-order valence-electron chi connectivity index (χ0n) is 8.19. The normalized spacial score (nSPS) is 13.8. The van der Waals surface area contributed by atoms with Crippen LogP contribution in [0.15, 0.2) is 35.0 Å². The summed E-state index contributed by atoms with van der Waals surface area (Å²) in [6.07, 6.45) is 0. The van der Waals surface area contributed by atoms with Crippen molar-refractivity contribution in [1.29, 1.82) is 0 Å². The molecule has 0 spiro atoms. The standard InChI is InChI=1S/C12H7NO2S/c14-11-9-5-7(8-3-4-16-6-8)1-2-10(9)13-12(11)15/h1-6H,(H,13,14,15). The van der Waals surface area contributed by atoms with Gasteiger partial charge in [-0.25, -0.2) is 0 Å². The lowest BCUT2D eigenvalue weighted by atomic mass is 10.0. The second kappa shape index (κ2) is 3.28. The molecule has 0 unspecified atom stereocenters. The zero-order chi connectivity index (χ0) is 11.1. The second-order valence-corrected chi connectivity index (χ2v) is 4.34. The molecule has 1 amide bonds. The number of fused-ring (bicyclic) bond motifs is 1. The summed E-state index contributed by atoms with van der Waals surface area (Å²) in [5.41, 5.74) is 3.10. The van der Waals surface area contributed by atoms with E-state index >= 15 is 0 Å². The summed E-state index contributed by atoms with van der Waals surface area (Å²) in [5.74, 6) is -0.996. The molecule has 3 rings (SSSR count). The van der Waals surface area contributed by atoms with Crippen molar-refractivity contribution in [2.24, 2.45) is 0 Å². The highest BCUT2D eigenvalue weighted by Gasteiger charge is 2.27. The van der Waals surface area contributed by atoms with Gasteiger partial charge in [0.15, 0.2) is 0 Å². The summed E-state index contributed by atoms with van der Waals surface area (Å²) in [5, 5.41) is 6.52. The quantitative estimate of drug-likeness (QED) is 0.764. The third-order valence-electron chi connectivity index (χ3n) is 2.57. The first-order chi connectivity index (χ1) is 7.75. The van der Waals surface area contributed by atoms with E-state index in [1.54, 1.807) is 23.5 Å². The highest BCUT2D eigenvalue weighted by molar-refractivity contribution is 7.08. The minimum absolute atomic E-state index is 0.452. The van der Waals surface area contributed by atoms with Gasteiger partial charge in [0, 0.05) is 0 Å². The minimum atomic E-state index is -0.544. The molecule has 2 aromatic rings. The highest BCUT2D eigenvalue weighted by atomic mass is 32.1. The summed E-state index contributed by atoms with van der Waals surface area (Å²) >= 11 is 1.60. The fraction of sp³-hybridized carbons (Fsp3) is 0. The van der Waals surface area contributed by atoms with Gasteiger partial charge in [-0.3, -0.25) is 9.59 Å². The largest absolute Gasteiger partial charge is 0.318 e. The first-order valence-electron chi connectivity index (χ1n) is 4.78. The monoisotopic (exact) mass is 229 g/mol. The molecule has 0 saturated carbocycles. The number of anilines is 1. The molecule has 2 heterocycles. The molecule has 1 aliphatic heterocycles. The lowest BCUT2D eigenvalue weighted by molar-refractivity contribution is -0.112. The van der Waals surface area contributed by atoms with Crippen molar-refractivity contribution in [2.45, 2.75) is 0 Å². The number of nitrogens with one attached hydrogen (secondary N) is 1. The predicted molar refractivity (Wildman–Crippen MR) is 62.7 cm³/mol. The van der Waals surface area contributed by atoms with Gasteiger partial charge in [0.25, 0.3) is 11.7 Å². The molecule has 0 aliphatic carbocycles. The minimum Gasteiger partial charge on any atom is -0.318 e. The first-order valence-corrected chi connectivity index (χ1v) is 5.72. The van der Waals surface area contributed by atoms with Gasteiger partial charge in [0.05, 0.1) is 11.3 Å². The number of rotatable bonds is 1. The van der Waals surface area contributed by atoms with Crippen molar-refractivity contribution in [3.05, 3.63) is 40.6 Å². The number of amides is 1. The van der Waals surface area contributed by atoms with E-state index in [-0.39, 0.29) is 0 Å². The van der Waals surface area contributed by atoms with Crippen molar-refractivity contribution in [3.8, 4) is 11.1 Å². The van der Waals surface area contributed by atoms with Crippen LogP contribution in [0, 0.1) is 0 Å². The van der Waals surface area contributed by atoms with E-state index in [1.165, 1.54) is 0 Å². The fourth-order valence-electron chi connectivity index (χ4n) is 1.75. The number of carbonyl (C=O) groups excluding carboxylic acids is 2. The topological polar surface area (TPSA) is 46.2 Å². The van der Waals surface area contributed by atoms with Crippen LogP contribution in [0.25, 0.3) is 11.1 Å². The van der Waals surface area contributed by atoms with Gasteiger partial charge in [0.1, 0.15) is 0 Å². The van der Waals surface area contributed by atoms with Crippen LogP contribution in [0.2, 0.25) is 0 Å².